The maximum atomic E-state index is 13.4. The van der Waals surface area contributed by atoms with Crippen LogP contribution in [-0.4, -0.2) is 78.8 Å². The Morgan fingerprint density at radius 1 is 0.692 bits per heavy atom. The topological polar surface area (TPSA) is 94.1 Å². The molecule has 0 heterocycles. The van der Waals surface area contributed by atoms with E-state index in [0.717, 1.165) is 0 Å². The first-order chi connectivity index (χ1) is 16.8. The molecule has 0 saturated carbocycles. The molecule has 0 aromatic heterocycles. The molecule has 0 radical (unpaired) electrons. The molecule has 0 amide bonds. The molecule has 0 fully saturated rings. The Labute approximate surface area is 230 Å². The quantitative estimate of drug-likeness (QED) is 0.0613. The summed E-state index contributed by atoms with van der Waals surface area (Å²) in [7, 11) is 0. The summed E-state index contributed by atoms with van der Waals surface area (Å²) in [6.45, 7) is -6.21. The fourth-order valence-corrected chi connectivity index (χ4v) is 2.28. The van der Waals surface area contributed by atoms with Gasteiger partial charge in [0.25, 0.3) is 0 Å². The number of rotatable bonds is 16. The third-order valence-electron chi connectivity index (χ3n) is 3.91. The van der Waals surface area contributed by atoms with Gasteiger partial charge in [-0.3, -0.25) is 14.6 Å². The Balaban J connectivity index is 0. The van der Waals surface area contributed by atoms with E-state index in [1.807, 2.05) is 0 Å². The molecule has 25 heteroatoms. The minimum atomic E-state index is -6.87. The molecule has 0 bridgehead atoms. The van der Waals surface area contributed by atoms with Crippen LogP contribution in [0.3, 0.4) is 0 Å². The molecule has 39 heavy (non-hydrogen) atoms. The molecular weight excluding hydrogens is 639 g/mol. The van der Waals surface area contributed by atoms with Crippen LogP contribution < -0.4 is 34.8 Å². The normalized spacial score (nSPS) is 14.7. The van der Waals surface area contributed by atoms with Crippen molar-refractivity contribution in [1.29, 1.82) is 0 Å². The van der Waals surface area contributed by atoms with Crippen LogP contribution in [0.5, 0.6) is 0 Å². The van der Waals surface area contributed by atoms with Gasteiger partial charge in [0.15, 0.2) is 13.2 Å². The molecule has 0 N–H and O–H groups in total. The van der Waals surface area contributed by atoms with Crippen molar-refractivity contribution < 1.29 is 133 Å². The van der Waals surface area contributed by atoms with Gasteiger partial charge in [-0.05, 0) is 0 Å². The van der Waals surface area contributed by atoms with Gasteiger partial charge in [0.05, 0.1) is 6.42 Å². The van der Waals surface area contributed by atoms with E-state index in [1.165, 1.54) is 0 Å². The predicted molar refractivity (Wildman–Crippen MR) is 81.8 cm³/mol. The summed E-state index contributed by atoms with van der Waals surface area (Å²) >= 11 is -0.792. The van der Waals surface area contributed by atoms with Gasteiger partial charge in [-0.15, -0.1) is 0 Å². The number of halogens is 16. The van der Waals surface area contributed by atoms with Gasteiger partial charge in [0.1, 0.15) is 5.25 Å². The van der Waals surface area contributed by atoms with Crippen molar-refractivity contribution in [3.63, 3.8) is 0 Å². The van der Waals surface area contributed by atoms with E-state index in [2.05, 4.69) is 18.8 Å². The van der Waals surface area contributed by atoms with E-state index >= 15 is 0 Å². The number of hydrogen-bond donors (Lipinski definition) is 0. The molecule has 1 unspecified atom stereocenters. The maximum absolute atomic E-state index is 13.4. The zero-order chi connectivity index (χ0) is 30.5. The van der Waals surface area contributed by atoms with E-state index in [4.69, 9.17) is 0 Å². The molecule has 226 valence electrons. The van der Waals surface area contributed by atoms with E-state index in [9.17, 15) is 85.1 Å². The number of esters is 2. The first-order valence-corrected chi connectivity index (χ1v) is 9.41. The van der Waals surface area contributed by atoms with Crippen LogP contribution in [0.15, 0.2) is 0 Å². The Kier molecular flexibility index (Phi) is 14.7. The van der Waals surface area contributed by atoms with E-state index in [1.54, 1.807) is 0 Å². The molecule has 0 aromatic carbocycles. The van der Waals surface area contributed by atoms with Crippen molar-refractivity contribution in [3.05, 3.63) is 0 Å². The third kappa shape index (κ3) is 9.02. The van der Waals surface area contributed by atoms with Crippen molar-refractivity contribution in [2.24, 2.45) is 0 Å². The monoisotopic (exact) mass is 648 g/mol. The van der Waals surface area contributed by atoms with E-state index in [0.29, 0.717) is 0 Å². The summed E-state index contributed by atoms with van der Waals surface area (Å²) in [6.07, 6.45) is -12.6. The second kappa shape index (κ2) is 14.3. The van der Waals surface area contributed by atoms with Crippen LogP contribution in [0.1, 0.15) is 6.42 Å². The second-order valence-corrected chi connectivity index (χ2v) is 7.50. The number of carbonyl (C=O) groups excluding carboxylic acids is 2. The largest absolute Gasteiger partial charge is 1.00 e. The van der Waals surface area contributed by atoms with Gasteiger partial charge in [-0.25, -0.2) is 17.6 Å². The van der Waals surface area contributed by atoms with Crippen molar-refractivity contribution in [2.75, 3.05) is 13.2 Å². The van der Waals surface area contributed by atoms with Gasteiger partial charge in [-0.2, -0.15) is 57.0 Å². The fourth-order valence-electron chi connectivity index (χ4n) is 1.80. The standard InChI is InChI=1S/C14H10F16O7S.Na/c15-7(16)11(23,24)13(27,28)9(19,20)2-34-5(31)1-4(38-37-36-33)6(32)35-3-10(21,22)14(29,30)12(25,26)8(17)18;/h4,7-8,33H,1-3H2;/q;+1/p-1. The number of ether oxygens (including phenoxy) is 2. The number of hydrogen-bond acceptors (Lipinski definition) is 8. The molecule has 0 aliphatic carbocycles. The molecule has 0 saturated heterocycles. The van der Waals surface area contributed by atoms with Gasteiger partial charge in [-0.1, -0.05) is 0 Å². The summed E-state index contributed by atoms with van der Waals surface area (Å²) in [5, 5.41) is 9.69. The zero-order valence-electron chi connectivity index (χ0n) is 18.2. The summed E-state index contributed by atoms with van der Waals surface area (Å²) in [4.78, 5) is 23.1. The minimum absolute atomic E-state index is 0. The van der Waals surface area contributed by atoms with Crippen LogP contribution in [0.4, 0.5) is 70.2 Å². The van der Waals surface area contributed by atoms with Crippen molar-refractivity contribution in [1.82, 2.24) is 0 Å². The average Bonchev–Trinajstić information content (AvgIpc) is 2.78. The van der Waals surface area contributed by atoms with Gasteiger partial charge >= 0.3 is 89.9 Å². The third-order valence-corrected chi connectivity index (χ3v) is 4.64. The number of carbonyl (C=O) groups is 2. The van der Waals surface area contributed by atoms with Crippen LogP contribution in [0.25, 0.3) is 0 Å². The SMILES string of the molecule is O=C(CC(SOO[O-])C(=O)OCC(F)(F)C(F)(F)C(F)(F)C(F)F)OCC(F)(F)C(F)(F)C(F)(F)C(F)F.[Na+]. The van der Waals surface area contributed by atoms with Crippen LogP contribution >= 0.6 is 12.0 Å². The fraction of sp³-hybridized carbons (Fsp3) is 0.857. The van der Waals surface area contributed by atoms with Crippen LogP contribution in [0, 0.1) is 0 Å². The molecule has 1 atom stereocenters. The van der Waals surface area contributed by atoms with Crippen LogP contribution in [-0.2, 0) is 28.4 Å². The molecule has 7 nitrogen and oxygen atoms in total. The smallest absolute Gasteiger partial charge is 0.691 e. The first kappa shape index (κ1) is 40.2. The Morgan fingerprint density at radius 2 is 1.05 bits per heavy atom. The molecule has 0 aliphatic rings. The molecule has 0 spiro atoms. The summed E-state index contributed by atoms with van der Waals surface area (Å²) in [6, 6.07) is 0. The van der Waals surface area contributed by atoms with Crippen molar-refractivity contribution >= 4 is 24.0 Å². The summed E-state index contributed by atoms with van der Waals surface area (Å²) in [5.41, 5.74) is 0. The maximum Gasteiger partial charge on any atom is 1.00 e. The van der Waals surface area contributed by atoms with Gasteiger partial charge in [0, 0.05) is 12.0 Å². The molecular formula is C14H9F16NaO7S. The summed E-state index contributed by atoms with van der Waals surface area (Å²) < 4.78 is 215. The average molecular weight is 648 g/mol. The minimum Gasteiger partial charge on any atom is -0.691 e. The van der Waals surface area contributed by atoms with Crippen molar-refractivity contribution in [2.45, 2.75) is 60.1 Å². The second-order valence-electron chi connectivity index (χ2n) is 6.60. The molecule has 0 rings (SSSR count). The zero-order valence-corrected chi connectivity index (χ0v) is 21.0. The number of alkyl halides is 16. The van der Waals surface area contributed by atoms with Gasteiger partial charge in [0.2, 0.25) is 0 Å². The van der Waals surface area contributed by atoms with Crippen molar-refractivity contribution in [3.8, 4) is 0 Å². The Morgan fingerprint density at radius 3 is 1.38 bits per heavy atom. The van der Waals surface area contributed by atoms with E-state index in [-0.39, 0.29) is 29.6 Å². The first-order valence-electron chi connectivity index (χ1n) is 8.61. The molecule has 0 aliphatic heterocycles. The summed E-state index contributed by atoms with van der Waals surface area (Å²) in [5.74, 6) is -44.4. The van der Waals surface area contributed by atoms with E-state index < -0.39 is 97.3 Å². The Bertz CT molecular complexity index is 816. The Hall–Kier alpha value is -0.950. The van der Waals surface area contributed by atoms with Gasteiger partial charge < -0.3 is 14.7 Å². The molecule has 0 aromatic rings. The van der Waals surface area contributed by atoms with Crippen LogP contribution in [0.2, 0.25) is 0 Å². The predicted octanol–water partition coefficient (Wildman–Crippen LogP) is 1.05.